The van der Waals surface area contributed by atoms with Crippen LogP contribution in [0.5, 0.6) is 0 Å². The third-order valence-corrected chi connectivity index (χ3v) is 2.82. The molecule has 0 aliphatic rings. The van der Waals surface area contributed by atoms with Crippen LogP contribution in [-0.2, 0) is 0 Å². The van der Waals surface area contributed by atoms with Crippen LogP contribution < -0.4 is 10.6 Å². The molecule has 0 aliphatic carbocycles. The van der Waals surface area contributed by atoms with E-state index < -0.39 is 0 Å². The monoisotopic (exact) mass is 247 g/mol. The smallest absolute Gasteiger partial charge is 0.227 e. The van der Waals surface area contributed by atoms with Crippen LogP contribution >= 0.6 is 11.8 Å². The summed E-state index contributed by atoms with van der Waals surface area (Å²) in [6.07, 6.45) is 7.30. The number of hydrogen-bond donors (Lipinski definition) is 2. The topological polar surface area (TPSA) is 62.7 Å². The summed E-state index contributed by atoms with van der Waals surface area (Å²) in [6.45, 7) is 0. The minimum Gasteiger partial charge on any atom is -0.373 e. The number of aromatic nitrogens is 3. The van der Waals surface area contributed by atoms with Gasteiger partial charge in [0, 0.05) is 24.3 Å². The lowest BCUT2D eigenvalue weighted by Gasteiger charge is -2.05. The first-order chi connectivity index (χ1) is 8.31. The average Bonchev–Trinajstić information content (AvgIpc) is 2.40. The Hall–Kier alpha value is -1.82. The highest BCUT2D eigenvalue weighted by molar-refractivity contribution is 7.98. The number of nitrogens with zero attached hydrogens (tertiary/aromatic N) is 3. The van der Waals surface area contributed by atoms with Gasteiger partial charge in [-0.05, 0) is 18.4 Å². The largest absolute Gasteiger partial charge is 0.373 e. The Bertz CT molecular complexity index is 423. The minimum absolute atomic E-state index is 0.571. The van der Waals surface area contributed by atoms with E-state index in [1.54, 1.807) is 30.4 Å². The molecule has 0 unspecified atom stereocenters. The Balaban J connectivity index is 2.08. The van der Waals surface area contributed by atoms with Gasteiger partial charge in [-0.3, -0.25) is 0 Å². The predicted molar refractivity (Wildman–Crippen MR) is 70.9 cm³/mol. The number of anilines is 3. The van der Waals surface area contributed by atoms with Gasteiger partial charge >= 0.3 is 0 Å². The molecule has 5 nitrogen and oxygen atoms in total. The zero-order valence-corrected chi connectivity index (χ0v) is 10.5. The molecule has 0 aliphatic heterocycles. The van der Waals surface area contributed by atoms with Crippen LogP contribution in [0.25, 0.3) is 0 Å². The first-order valence-corrected chi connectivity index (χ1v) is 6.31. The molecule has 0 atom stereocenters. The number of thioether (sulfide) groups is 1. The first-order valence-electron chi connectivity index (χ1n) is 5.08. The average molecular weight is 247 g/mol. The van der Waals surface area contributed by atoms with E-state index in [0.717, 1.165) is 16.4 Å². The van der Waals surface area contributed by atoms with Gasteiger partial charge in [0.2, 0.25) is 5.95 Å². The van der Waals surface area contributed by atoms with Crippen LogP contribution in [0.1, 0.15) is 0 Å². The summed E-state index contributed by atoms with van der Waals surface area (Å²) in [5, 5.41) is 6.04. The minimum atomic E-state index is 0.571. The van der Waals surface area contributed by atoms with Crippen molar-refractivity contribution in [2.24, 2.45) is 0 Å². The molecule has 17 heavy (non-hydrogen) atoms. The van der Waals surface area contributed by atoms with Gasteiger partial charge in [0.05, 0.1) is 11.9 Å². The van der Waals surface area contributed by atoms with Crippen LogP contribution in [0.15, 0.2) is 35.6 Å². The summed E-state index contributed by atoms with van der Waals surface area (Å²) in [6, 6.07) is 3.81. The van der Waals surface area contributed by atoms with Gasteiger partial charge < -0.3 is 10.6 Å². The van der Waals surface area contributed by atoms with Gasteiger partial charge in [-0.25, -0.2) is 15.0 Å². The van der Waals surface area contributed by atoms with Crippen molar-refractivity contribution in [3.8, 4) is 0 Å². The van der Waals surface area contributed by atoms with Gasteiger partial charge in [0.15, 0.2) is 0 Å². The number of rotatable bonds is 4. The molecule has 0 radical (unpaired) electrons. The molecule has 88 valence electrons. The van der Waals surface area contributed by atoms with Crippen molar-refractivity contribution in [1.82, 2.24) is 15.0 Å². The van der Waals surface area contributed by atoms with Crippen LogP contribution in [-0.4, -0.2) is 28.3 Å². The molecule has 2 rings (SSSR count). The first kappa shape index (κ1) is 11.7. The Kier molecular flexibility index (Phi) is 3.77. The van der Waals surface area contributed by atoms with Crippen molar-refractivity contribution >= 4 is 29.2 Å². The molecule has 2 aromatic heterocycles. The van der Waals surface area contributed by atoms with Gasteiger partial charge in [-0.2, -0.15) is 0 Å². The Morgan fingerprint density at radius 2 is 1.82 bits per heavy atom. The molecule has 0 saturated heterocycles. The third-order valence-electron chi connectivity index (χ3n) is 2.14. The SMILES string of the molecule is CNc1ccc(Nc2ncc(SC)cn2)cn1. The normalized spacial score (nSPS) is 10.0. The quantitative estimate of drug-likeness (QED) is 0.809. The van der Waals surface area contributed by atoms with E-state index in [-0.39, 0.29) is 0 Å². The molecular formula is C11H13N5S. The zero-order chi connectivity index (χ0) is 12.1. The van der Waals surface area contributed by atoms with Crippen molar-refractivity contribution in [2.45, 2.75) is 4.90 Å². The standard InChI is InChI=1S/C11H13N5S/c1-12-10-4-3-8(5-13-10)16-11-14-6-9(17-2)7-15-11/h3-7H,1-2H3,(H,12,13)(H,14,15,16). The van der Waals surface area contributed by atoms with Crippen molar-refractivity contribution in [2.75, 3.05) is 23.9 Å². The van der Waals surface area contributed by atoms with Crippen molar-refractivity contribution in [3.63, 3.8) is 0 Å². The zero-order valence-electron chi connectivity index (χ0n) is 9.64. The van der Waals surface area contributed by atoms with Crippen molar-refractivity contribution < 1.29 is 0 Å². The number of pyridine rings is 1. The van der Waals surface area contributed by atoms with E-state index in [0.29, 0.717) is 5.95 Å². The second-order valence-electron chi connectivity index (χ2n) is 3.25. The van der Waals surface area contributed by atoms with E-state index in [1.165, 1.54) is 0 Å². The van der Waals surface area contributed by atoms with E-state index in [2.05, 4.69) is 25.6 Å². The second-order valence-corrected chi connectivity index (χ2v) is 4.13. The molecule has 6 heteroatoms. The lowest BCUT2D eigenvalue weighted by Crippen LogP contribution is -1.98. The van der Waals surface area contributed by atoms with Gasteiger partial charge in [0.1, 0.15) is 5.82 Å². The van der Waals surface area contributed by atoms with E-state index >= 15 is 0 Å². The lowest BCUT2D eigenvalue weighted by molar-refractivity contribution is 1.10. The van der Waals surface area contributed by atoms with Crippen LogP contribution in [0.2, 0.25) is 0 Å². The molecule has 0 fully saturated rings. The van der Waals surface area contributed by atoms with Crippen LogP contribution in [0.4, 0.5) is 17.5 Å². The van der Waals surface area contributed by atoms with Crippen molar-refractivity contribution in [1.29, 1.82) is 0 Å². The van der Waals surface area contributed by atoms with Gasteiger partial charge in [0.25, 0.3) is 0 Å². The molecule has 2 heterocycles. The third kappa shape index (κ3) is 3.07. The van der Waals surface area contributed by atoms with Crippen molar-refractivity contribution in [3.05, 3.63) is 30.7 Å². The van der Waals surface area contributed by atoms with Crippen LogP contribution in [0.3, 0.4) is 0 Å². The fourth-order valence-electron chi connectivity index (χ4n) is 1.23. The molecule has 0 amide bonds. The predicted octanol–water partition coefficient (Wildman–Crippen LogP) is 2.38. The lowest BCUT2D eigenvalue weighted by atomic mass is 10.4. The Morgan fingerprint density at radius 1 is 1.06 bits per heavy atom. The van der Waals surface area contributed by atoms with Crippen LogP contribution in [0, 0.1) is 0 Å². The molecule has 0 saturated carbocycles. The maximum atomic E-state index is 4.20. The van der Waals surface area contributed by atoms with E-state index in [9.17, 15) is 0 Å². The van der Waals surface area contributed by atoms with E-state index in [4.69, 9.17) is 0 Å². The maximum Gasteiger partial charge on any atom is 0.227 e. The molecule has 0 bridgehead atoms. The summed E-state index contributed by atoms with van der Waals surface area (Å²) < 4.78 is 0. The fraction of sp³-hybridized carbons (Fsp3) is 0.182. The Labute approximate surface area is 104 Å². The van der Waals surface area contributed by atoms with E-state index in [1.807, 2.05) is 25.4 Å². The van der Waals surface area contributed by atoms with Gasteiger partial charge in [-0.15, -0.1) is 11.8 Å². The maximum absolute atomic E-state index is 4.20. The molecule has 0 aromatic carbocycles. The molecular weight excluding hydrogens is 234 g/mol. The number of hydrogen-bond acceptors (Lipinski definition) is 6. The summed E-state index contributed by atoms with van der Waals surface area (Å²) in [4.78, 5) is 13.6. The number of nitrogens with one attached hydrogen (secondary N) is 2. The summed E-state index contributed by atoms with van der Waals surface area (Å²) >= 11 is 1.62. The Morgan fingerprint density at radius 3 is 2.35 bits per heavy atom. The summed E-state index contributed by atoms with van der Waals surface area (Å²) in [7, 11) is 1.83. The molecule has 2 N–H and O–H groups in total. The highest BCUT2D eigenvalue weighted by Gasteiger charge is 1.98. The fourth-order valence-corrected chi connectivity index (χ4v) is 1.55. The summed E-state index contributed by atoms with van der Waals surface area (Å²) in [5.41, 5.74) is 0.862. The second kappa shape index (κ2) is 5.49. The molecule has 0 spiro atoms. The molecule has 2 aromatic rings. The summed E-state index contributed by atoms with van der Waals surface area (Å²) in [5.74, 6) is 1.40. The van der Waals surface area contributed by atoms with Gasteiger partial charge in [-0.1, -0.05) is 0 Å². The highest BCUT2D eigenvalue weighted by Crippen LogP contribution is 2.16. The highest BCUT2D eigenvalue weighted by atomic mass is 32.2.